The summed E-state index contributed by atoms with van der Waals surface area (Å²) < 4.78 is 0. The predicted octanol–water partition coefficient (Wildman–Crippen LogP) is 2.74. The van der Waals surface area contributed by atoms with Crippen LogP contribution in [-0.4, -0.2) is 16.2 Å². The minimum Gasteiger partial charge on any atom is -0.243 e. The molecule has 0 amide bonds. The summed E-state index contributed by atoms with van der Waals surface area (Å²) in [6, 6.07) is 10.0. The minimum absolute atomic E-state index is 0.504. The summed E-state index contributed by atoms with van der Waals surface area (Å²) >= 11 is 1.64. The molecule has 0 bridgehead atoms. The van der Waals surface area contributed by atoms with Gasteiger partial charge in [0.15, 0.2) is 0 Å². The Morgan fingerprint density at radius 3 is 2.88 bits per heavy atom. The zero-order valence-electron chi connectivity index (χ0n) is 8.71. The van der Waals surface area contributed by atoms with Crippen molar-refractivity contribution in [3.63, 3.8) is 0 Å². The normalized spacial score (nSPS) is 9.75. The maximum absolute atomic E-state index is 9.01. The second-order valence-electron chi connectivity index (χ2n) is 3.10. The van der Waals surface area contributed by atoms with Gasteiger partial charge in [-0.25, -0.2) is 9.97 Å². The van der Waals surface area contributed by atoms with E-state index in [-0.39, 0.29) is 0 Å². The molecule has 2 rings (SSSR count). The van der Waals surface area contributed by atoms with Crippen LogP contribution in [0.15, 0.2) is 41.7 Å². The molecule has 78 valence electrons. The Morgan fingerprint density at radius 2 is 2.12 bits per heavy atom. The van der Waals surface area contributed by atoms with E-state index in [9.17, 15) is 0 Å². The van der Waals surface area contributed by atoms with Crippen molar-refractivity contribution in [2.45, 2.75) is 4.90 Å². The van der Waals surface area contributed by atoms with E-state index >= 15 is 0 Å². The summed E-state index contributed by atoms with van der Waals surface area (Å²) in [6.07, 6.45) is 5.01. The lowest BCUT2D eigenvalue weighted by Crippen LogP contribution is -1.91. The highest BCUT2D eigenvalue weighted by Crippen LogP contribution is 2.29. The number of hydrogen-bond donors (Lipinski definition) is 0. The van der Waals surface area contributed by atoms with Gasteiger partial charge in [0.1, 0.15) is 12.4 Å². The maximum atomic E-state index is 9.01. The molecule has 1 heterocycles. The quantitative estimate of drug-likeness (QED) is 0.740. The van der Waals surface area contributed by atoms with Crippen molar-refractivity contribution < 1.29 is 0 Å². The van der Waals surface area contributed by atoms with E-state index in [1.807, 2.05) is 30.5 Å². The van der Waals surface area contributed by atoms with Crippen LogP contribution in [0.2, 0.25) is 0 Å². The van der Waals surface area contributed by atoms with Crippen molar-refractivity contribution in [1.82, 2.24) is 9.97 Å². The van der Waals surface area contributed by atoms with Crippen molar-refractivity contribution in [3.8, 4) is 17.3 Å². The Morgan fingerprint density at radius 1 is 1.31 bits per heavy atom. The largest absolute Gasteiger partial charge is 0.243 e. The third kappa shape index (κ3) is 1.90. The molecule has 0 unspecified atom stereocenters. The Bertz CT molecular complexity index is 546. The molecule has 0 aliphatic heterocycles. The van der Waals surface area contributed by atoms with Crippen molar-refractivity contribution >= 4 is 11.8 Å². The molecule has 0 aliphatic rings. The van der Waals surface area contributed by atoms with E-state index in [1.54, 1.807) is 18.0 Å². The first-order valence-corrected chi connectivity index (χ1v) is 5.92. The van der Waals surface area contributed by atoms with Crippen molar-refractivity contribution in [3.05, 3.63) is 42.4 Å². The highest BCUT2D eigenvalue weighted by molar-refractivity contribution is 7.98. The van der Waals surface area contributed by atoms with Gasteiger partial charge in [0.05, 0.1) is 11.3 Å². The summed E-state index contributed by atoms with van der Waals surface area (Å²) in [6.45, 7) is 0. The molecule has 0 spiro atoms. The third-order valence-corrected chi connectivity index (χ3v) is 2.99. The molecule has 2 aromatic rings. The highest BCUT2D eigenvalue weighted by Gasteiger charge is 2.09. The lowest BCUT2D eigenvalue weighted by molar-refractivity contribution is 1.15. The lowest BCUT2D eigenvalue weighted by atomic mass is 10.1. The van der Waals surface area contributed by atoms with Gasteiger partial charge in [-0.15, -0.1) is 11.8 Å². The van der Waals surface area contributed by atoms with Crippen LogP contribution in [0, 0.1) is 11.3 Å². The van der Waals surface area contributed by atoms with Gasteiger partial charge < -0.3 is 0 Å². The average Bonchev–Trinajstić information content (AvgIpc) is 2.38. The first kappa shape index (κ1) is 10.7. The van der Waals surface area contributed by atoms with Crippen LogP contribution in [0.1, 0.15) is 5.56 Å². The van der Waals surface area contributed by atoms with E-state index in [4.69, 9.17) is 5.26 Å². The molecule has 0 N–H and O–H groups in total. The molecular weight excluding hydrogens is 218 g/mol. The topological polar surface area (TPSA) is 49.6 Å². The number of nitriles is 1. The predicted molar refractivity (Wildman–Crippen MR) is 64.0 cm³/mol. The zero-order chi connectivity index (χ0) is 11.4. The Hall–Kier alpha value is -1.86. The lowest BCUT2D eigenvalue weighted by Gasteiger charge is -2.06. The number of nitrogens with zero attached hydrogens (tertiary/aromatic N) is 3. The molecule has 0 fully saturated rings. The Kier molecular flexibility index (Phi) is 3.18. The van der Waals surface area contributed by atoms with Crippen LogP contribution in [-0.2, 0) is 0 Å². The van der Waals surface area contributed by atoms with Crippen LogP contribution in [0.4, 0.5) is 0 Å². The van der Waals surface area contributed by atoms with E-state index in [1.165, 1.54) is 6.33 Å². The van der Waals surface area contributed by atoms with Crippen molar-refractivity contribution in [2.75, 3.05) is 6.26 Å². The minimum atomic E-state index is 0.504. The number of thioether (sulfide) groups is 1. The molecule has 0 saturated carbocycles. The van der Waals surface area contributed by atoms with Crippen molar-refractivity contribution in [2.24, 2.45) is 0 Å². The van der Waals surface area contributed by atoms with Crippen LogP contribution >= 0.6 is 11.8 Å². The molecule has 0 radical (unpaired) electrons. The highest BCUT2D eigenvalue weighted by atomic mass is 32.2. The molecule has 1 aromatic carbocycles. The summed E-state index contributed by atoms with van der Waals surface area (Å²) in [5.74, 6) is 0. The average molecular weight is 227 g/mol. The first-order chi connectivity index (χ1) is 7.86. The number of hydrogen-bond acceptors (Lipinski definition) is 4. The SMILES string of the molecule is CSc1ccccc1-c1ncncc1C#N. The van der Waals surface area contributed by atoms with Gasteiger partial charge in [-0.3, -0.25) is 0 Å². The number of aromatic nitrogens is 2. The monoisotopic (exact) mass is 227 g/mol. The summed E-state index contributed by atoms with van der Waals surface area (Å²) in [4.78, 5) is 9.15. The van der Waals surface area contributed by atoms with Crippen molar-refractivity contribution in [1.29, 1.82) is 5.26 Å². The second kappa shape index (κ2) is 4.77. The number of rotatable bonds is 2. The van der Waals surface area contributed by atoms with Crippen LogP contribution in [0.25, 0.3) is 11.3 Å². The molecular formula is C12H9N3S. The summed E-state index contributed by atoms with van der Waals surface area (Å²) in [5.41, 5.74) is 2.18. The molecule has 0 atom stereocenters. The molecule has 1 aromatic heterocycles. The van der Waals surface area contributed by atoms with Crippen LogP contribution in [0.3, 0.4) is 0 Å². The van der Waals surface area contributed by atoms with Gasteiger partial charge in [-0.1, -0.05) is 18.2 Å². The zero-order valence-corrected chi connectivity index (χ0v) is 9.53. The van der Waals surface area contributed by atoms with E-state index < -0.39 is 0 Å². The fraction of sp³-hybridized carbons (Fsp3) is 0.0833. The van der Waals surface area contributed by atoms with Gasteiger partial charge in [0, 0.05) is 16.7 Å². The molecule has 0 saturated heterocycles. The van der Waals surface area contributed by atoms with Gasteiger partial charge in [-0.05, 0) is 12.3 Å². The van der Waals surface area contributed by atoms with E-state index in [2.05, 4.69) is 16.0 Å². The summed E-state index contributed by atoms with van der Waals surface area (Å²) in [5, 5.41) is 9.01. The number of benzene rings is 1. The summed E-state index contributed by atoms with van der Waals surface area (Å²) in [7, 11) is 0. The second-order valence-corrected chi connectivity index (χ2v) is 3.95. The van der Waals surface area contributed by atoms with Gasteiger partial charge in [0.25, 0.3) is 0 Å². The van der Waals surface area contributed by atoms with E-state index in [0.717, 1.165) is 10.5 Å². The standard InChI is InChI=1S/C12H9N3S/c1-16-11-5-3-2-4-10(11)12-9(6-13)7-14-8-15-12/h2-5,7-8H,1H3. The fourth-order valence-electron chi connectivity index (χ4n) is 1.47. The van der Waals surface area contributed by atoms with E-state index in [0.29, 0.717) is 11.3 Å². The maximum Gasteiger partial charge on any atom is 0.116 e. The smallest absolute Gasteiger partial charge is 0.116 e. The van der Waals surface area contributed by atoms with Gasteiger partial charge in [-0.2, -0.15) is 5.26 Å². The molecule has 4 heteroatoms. The fourth-order valence-corrected chi connectivity index (χ4v) is 2.07. The van der Waals surface area contributed by atoms with Crippen LogP contribution in [0.5, 0.6) is 0 Å². The van der Waals surface area contributed by atoms with Crippen LogP contribution < -0.4 is 0 Å². The Labute approximate surface area is 98.2 Å². The van der Waals surface area contributed by atoms with Gasteiger partial charge in [0.2, 0.25) is 0 Å². The first-order valence-electron chi connectivity index (χ1n) is 4.70. The molecule has 3 nitrogen and oxygen atoms in total. The molecule has 16 heavy (non-hydrogen) atoms. The van der Waals surface area contributed by atoms with Gasteiger partial charge >= 0.3 is 0 Å². The Balaban J connectivity index is 2.64. The molecule has 0 aliphatic carbocycles. The third-order valence-electron chi connectivity index (χ3n) is 2.19.